The standard InChI is InChI=1S/C16H18N6O2S3/c1-3-22-12(8-26-16-18-10-6-4-5-7-11(10)27-16)20-21-15(22)25-9-13(23)19-14(24)17-2/h4-7H,3,8-9H2,1-2H3,(H2,17,19,23,24). The van der Waals surface area contributed by atoms with Gasteiger partial charge in [0.25, 0.3) is 0 Å². The van der Waals surface area contributed by atoms with E-state index in [2.05, 4.69) is 31.9 Å². The quantitative estimate of drug-likeness (QED) is 0.565. The lowest BCUT2D eigenvalue weighted by Gasteiger charge is -2.06. The maximum Gasteiger partial charge on any atom is 0.321 e. The highest BCUT2D eigenvalue weighted by atomic mass is 32.2. The van der Waals surface area contributed by atoms with Gasteiger partial charge in [-0.3, -0.25) is 10.1 Å². The smallest absolute Gasteiger partial charge is 0.321 e. The van der Waals surface area contributed by atoms with Crippen molar-refractivity contribution in [2.75, 3.05) is 12.8 Å². The predicted molar refractivity (Wildman–Crippen MR) is 108 cm³/mol. The van der Waals surface area contributed by atoms with Crippen LogP contribution in [0.4, 0.5) is 4.79 Å². The van der Waals surface area contributed by atoms with Crippen molar-refractivity contribution >= 4 is 57.0 Å². The summed E-state index contributed by atoms with van der Waals surface area (Å²) < 4.78 is 4.12. The maximum absolute atomic E-state index is 11.7. The number of para-hydroxylation sites is 1. The molecule has 0 atom stereocenters. The molecule has 27 heavy (non-hydrogen) atoms. The molecule has 0 saturated heterocycles. The van der Waals surface area contributed by atoms with E-state index in [-0.39, 0.29) is 11.7 Å². The van der Waals surface area contributed by atoms with Gasteiger partial charge in [0.1, 0.15) is 5.82 Å². The minimum absolute atomic E-state index is 0.0938. The number of amides is 3. The molecule has 3 amide bonds. The molecular formula is C16H18N6O2S3. The van der Waals surface area contributed by atoms with E-state index in [9.17, 15) is 9.59 Å². The summed E-state index contributed by atoms with van der Waals surface area (Å²) in [5.74, 6) is 1.19. The van der Waals surface area contributed by atoms with Crippen molar-refractivity contribution in [3.63, 3.8) is 0 Å². The van der Waals surface area contributed by atoms with Crippen LogP contribution < -0.4 is 10.6 Å². The lowest BCUT2D eigenvalue weighted by molar-refractivity contribution is -0.117. The predicted octanol–water partition coefficient (Wildman–Crippen LogP) is 2.75. The van der Waals surface area contributed by atoms with Crippen molar-refractivity contribution < 1.29 is 9.59 Å². The van der Waals surface area contributed by atoms with Crippen molar-refractivity contribution in [3.8, 4) is 0 Å². The lowest BCUT2D eigenvalue weighted by atomic mass is 10.3. The van der Waals surface area contributed by atoms with Gasteiger partial charge < -0.3 is 9.88 Å². The molecule has 2 aromatic heterocycles. The highest BCUT2D eigenvalue weighted by Crippen LogP contribution is 2.31. The SMILES string of the molecule is CCn1c(CSc2nc3ccccc3s2)nnc1SCC(=O)NC(=O)NC. The number of hydrogen-bond donors (Lipinski definition) is 2. The largest absolute Gasteiger partial charge is 0.341 e. The minimum Gasteiger partial charge on any atom is -0.341 e. The van der Waals surface area contributed by atoms with E-state index in [1.54, 1.807) is 23.1 Å². The van der Waals surface area contributed by atoms with Crippen LogP contribution in [-0.4, -0.2) is 44.5 Å². The van der Waals surface area contributed by atoms with Gasteiger partial charge in [0.2, 0.25) is 5.91 Å². The van der Waals surface area contributed by atoms with Gasteiger partial charge in [-0.05, 0) is 19.1 Å². The van der Waals surface area contributed by atoms with Crippen molar-refractivity contribution in [3.05, 3.63) is 30.1 Å². The number of aromatic nitrogens is 4. The zero-order valence-electron chi connectivity index (χ0n) is 14.8. The number of thioether (sulfide) groups is 2. The van der Waals surface area contributed by atoms with E-state index in [0.29, 0.717) is 17.5 Å². The molecule has 0 spiro atoms. The fourth-order valence-electron chi connectivity index (χ4n) is 2.24. The van der Waals surface area contributed by atoms with E-state index in [0.717, 1.165) is 20.4 Å². The number of fused-ring (bicyclic) bond motifs is 1. The Bertz CT molecular complexity index is 922. The normalized spacial score (nSPS) is 10.9. The molecule has 3 rings (SSSR count). The third-order valence-corrected chi connectivity index (χ3v) is 6.66. The lowest BCUT2D eigenvalue weighted by Crippen LogP contribution is -2.38. The summed E-state index contributed by atoms with van der Waals surface area (Å²) in [6.07, 6.45) is 0. The molecule has 0 fully saturated rings. The second-order valence-corrected chi connectivity index (χ2v) is 8.49. The Hall–Kier alpha value is -2.11. The van der Waals surface area contributed by atoms with Crippen molar-refractivity contribution in [1.82, 2.24) is 30.4 Å². The van der Waals surface area contributed by atoms with E-state index in [1.165, 1.54) is 18.8 Å². The Morgan fingerprint density at radius 2 is 2.04 bits per heavy atom. The molecule has 0 aliphatic rings. The van der Waals surface area contributed by atoms with Crippen LogP contribution in [0.15, 0.2) is 33.8 Å². The topological polar surface area (TPSA) is 102 Å². The number of benzene rings is 1. The summed E-state index contributed by atoms with van der Waals surface area (Å²) in [7, 11) is 1.46. The summed E-state index contributed by atoms with van der Waals surface area (Å²) in [6.45, 7) is 2.70. The summed E-state index contributed by atoms with van der Waals surface area (Å²) >= 11 is 4.53. The number of thiazole rings is 1. The molecule has 0 radical (unpaired) electrons. The first-order chi connectivity index (χ1) is 13.1. The van der Waals surface area contributed by atoms with Crippen LogP contribution in [0.5, 0.6) is 0 Å². The van der Waals surface area contributed by atoms with Gasteiger partial charge in [0, 0.05) is 13.6 Å². The van der Waals surface area contributed by atoms with Crippen LogP contribution in [-0.2, 0) is 17.1 Å². The van der Waals surface area contributed by atoms with E-state index in [1.807, 2.05) is 29.7 Å². The Morgan fingerprint density at radius 1 is 1.22 bits per heavy atom. The third kappa shape index (κ3) is 4.99. The summed E-state index contributed by atoms with van der Waals surface area (Å²) in [5, 5.41) is 13.7. The molecule has 3 aromatic rings. The Kier molecular flexibility index (Phi) is 6.69. The molecule has 0 saturated carbocycles. The molecule has 2 N–H and O–H groups in total. The summed E-state index contributed by atoms with van der Waals surface area (Å²) in [6, 6.07) is 7.53. The average Bonchev–Trinajstić information content (AvgIpc) is 3.27. The van der Waals surface area contributed by atoms with E-state index in [4.69, 9.17) is 0 Å². The second kappa shape index (κ2) is 9.20. The van der Waals surface area contributed by atoms with Crippen LogP contribution in [0.25, 0.3) is 10.2 Å². The molecule has 0 aliphatic heterocycles. The number of rotatable bonds is 7. The van der Waals surface area contributed by atoms with Gasteiger partial charge in [0.15, 0.2) is 9.50 Å². The average molecular weight is 423 g/mol. The Morgan fingerprint density at radius 3 is 2.78 bits per heavy atom. The highest BCUT2D eigenvalue weighted by molar-refractivity contribution is 8.00. The van der Waals surface area contributed by atoms with Crippen LogP contribution in [0.3, 0.4) is 0 Å². The Balaban J connectivity index is 1.61. The number of imide groups is 1. The number of urea groups is 1. The van der Waals surface area contributed by atoms with Crippen molar-refractivity contribution in [2.45, 2.75) is 28.7 Å². The molecule has 2 heterocycles. The zero-order chi connectivity index (χ0) is 19.2. The van der Waals surface area contributed by atoms with Gasteiger partial charge in [-0.1, -0.05) is 35.7 Å². The Labute approximate surface area is 168 Å². The molecule has 8 nitrogen and oxygen atoms in total. The van der Waals surface area contributed by atoms with Gasteiger partial charge in [0.05, 0.1) is 21.7 Å². The number of nitrogens with one attached hydrogen (secondary N) is 2. The van der Waals surface area contributed by atoms with Crippen LogP contribution >= 0.6 is 34.9 Å². The van der Waals surface area contributed by atoms with Gasteiger partial charge >= 0.3 is 6.03 Å². The number of nitrogens with zero attached hydrogens (tertiary/aromatic N) is 4. The molecule has 142 valence electrons. The van der Waals surface area contributed by atoms with E-state index >= 15 is 0 Å². The molecule has 1 aromatic carbocycles. The van der Waals surface area contributed by atoms with Gasteiger partial charge in [-0.2, -0.15) is 0 Å². The van der Waals surface area contributed by atoms with Crippen LogP contribution in [0.1, 0.15) is 12.7 Å². The fourth-order valence-corrected chi connectivity index (χ4v) is 5.07. The van der Waals surface area contributed by atoms with Crippen molar-refractivity contribution in [1.29, 1.82) is 0 Å². The zero-order valence-corrected chi connectivity index (χ0v) is 17.2. The maximum atomic E-state index is 11.7. The van der Waals surface area contributed by atoms with Crippen LogP contribution in [0, 0.1) is 0 Å². The minimum atomic E-state index is -0.523. The summed E-state index contributed by atoms with van der Waals surface area (Å²) in [5.41, 5.74) is 1.00. The molecule has 0 aliphatic carbocycles. The number of carbonyl (C=O) groups excluding carboxylic acids is 2. The fraction of sp³-hybridized carbons (Fsp3) is 0.312. The highest BCUT2D eigenvalue weighted by Gasteiger charge is 2.15. The second-order valence-electron chi connectivity index (χ2n) is 5.30. The summed E-state index contributed by atoms with van der Waals surface area (Å²) in [4.78, 5) is 27.5. The molecule has 11 heteroatoms. The van der Waals surface area contributed by atoms with Gasteiger partial charge in [-0.25, -0.2) is 9.78 Å². The molecule has 0 unspecified atom stereocenters. The first-order valence-electron chi connectivity index (χ1n) is 8.15. The number of carbonyl (C=O) groups is 2. The molecule has 0 bridgehead atoms. The van der Waals surface area contributed by atoms with E-state index < -0.39 is 6.03 Å². The molecular weight excluding hydrogens is 404 g/mol. The van der Waals surface area contributed by atoms with Gasteiger partial charge in [-0.15, -0.1) is 21.5 Å². The monoisotopic (exact) mass is 422 g/mol. The third-order valence-electron chi connectivity index (χ3n) is 3.52. The van der Waals surface area contributed by atoms with Crippen LogP contribution in [0.2, 0.25) is 0 Å². The number of hydrogen-bond acceptors (Lipinski definition) is 8. The first-order valence-corrected chi connectivity index (χ1v) is 10.9. The van der Waals surface area contributed by atoms with Crippen molar-refractivity contribution in [2.24, 2.45) is 0 Å². The first kappa shape index (κ1) is 19.6.